The molecule has 200 valence electrons. The molecule has 1 saturated carbocycles. The van der Waals surface area contributed by atoms with Gasteiger partial charge in [0.05, 0.1) is 10.0 Å². The van der Waals surface area contributed by atoms with E-state index in [4.69, 9.17) is 23.2 Å². The molecule has 0 bridgehead atoms. The molecule has 8 heteroatoms. The lowest BCUT2D eigenvalue weighted by Gasteiger charge is -2.38. The van der Waals surface area contributed by atoms with Crippen LogP contribution in [-0.4, -0.2) is 29.3 Å². The van der Waals surface area contributed by atoms with Crippen LogP contribution in [-0.2, 0) is 14.4 Å². The predicted octanol–water partition coefficient (Wildman–Crippen LogP) is 6.46. The average molecular weight is 547 g/mol. The Labute approximate surface area is 230 Å². The molecule has 1 aliphatic rings. The first-order valence-corrected chi connectivity index (χ1v) is 13.5. The SMILES string of the molecule is CC(C)(C)NC(=O)C(C)(C)C(=O)N(c1ccc(Cl)c(Cl)c1)C(C(=O)NC1CCCCC1)c1ccccc1. The van der Waals surface area contributed by atoms with Gasteiger partial charge in [0.25, 0.3) is 0 Å². The summed E-state index contributed by atoms with van der Waals surface area (Å²) in [6, 6.07) is 12.9. The van der Waals surface area contributed by atoms with Gasteiger partial charge in [0.1, 0.15) is 11.5 Å². The Morgan fingerprint density at radius 2 is 1.51 bits per heavy atom. The minimum atomic E-state index is -1.49. The third-order valence-corrected chi connectivity index (χ3v) is 7.30. The highest BCUT2D eigenvalue weighted by Crippen LogP contribution is 2.36. The Balaban J connectivity index is 2.13. The lowest BCUT2D eigenvalue weighted by molar-refractivity contribution is -0.142. The fourth-order valence-corrected chi connectivity index (χ4v) is 4.79. The highest BCUT2D eigenvalue weighted by atomic mass is 35.5. The molecular weight excluding hydrogens is 509 g/mol. The average Bonchev–Trinajstić information content (AvgIpc) is 2.84. The van der Waals surface area contributed by atoms with Gasteiger partial charge in [0.2, 0.25) is 17.7 Å². The van der Waals surface area contributed by atoms with Crippen molar-refractivity contribution in [3.8, 4) is 0 Å². The second-order valence-electron chi connectivity index (χ2n) is 11.3. The Bertz CT molecular complexity index is 1120. The van der Waals surface area contributed by atoms with Gasteiger partial charge >= 0.3 is 0 Å². The summed E-state index contributed by atoms with van der Waals surface area (Å²) in [5, 5.41) is 6.65. The summed E-state index contributed by atoms with van der Waals surface area (Å²) in [4.78, 5) is 43.0. The highest BCUT2D eigenvalue weighted by Gasteiger charge is 2.45. The van der Waals surface area contributed by atoms with Gasteiger partial charge in [-0.05, 0) is 71.2 Å². The smallest absolute Gasteiger partial charge is 0.248 e. The van der Waals surface area contributed by atoms with Gasteiger partial charge in [-0.1, -0.05) is 72.8 Å². The standard InChI is InChI=1S/C29H37Cl2N3O3/c1-28(2,3)33-26(36)29(4,5)27(37)34(21-16-17-22(30)23(31)18-21)24(19-12-8-6-9-13-19)25(35)32-20-14-10-7-11-15-20/h6,8-9,12-13,16-18,20,24H,7,10-11,14-15H2,1-5H3,(H,32,35)(H,33,36). The highest BCUT2D eigenvalue weighted by molar-refractivity contribution is 6.42. The molecule has 2 aromatic rings. The Kier molecular flexibility index (Phi) is 9.30. The van der Waals surface area contributed by atoms with Crippen LogP contribution in [0.5, 0.6) is 0 Å². The number of nitrogens with zero attached hydrogens (tertiary/aromatic N) is 1. The summed E-state index contributed by atoms with van der Waals surface area (Å²) in [5.41, 5.74) is -1.02. The fraction of sp³-hybridized carbons (Fsp3) is 0.483. The quantitative estimate of drug-likeness (QED) is 0.392. The van der Waals surface area contributed by atoms with Crippen LogP contribution in [0.3, 0.4) is 0 Å². The molecule has 0 spiro atoms. The normalized spacial score (nSPS) is 15.5. The number of hydrogen-bond acceptors (Lipinski definition) is 3. The number of carbonyl (C=O) groups excluding carboxylic acids is 3. The summed E-state index contributed by atoms with van der Waals surface area (Å²) in [6.07, 6.45) is 5.05. The van der Waals surface area contributed by atoms with Crippen molar-refractivity contribution in [3.63, 3.8) is 0 Å². The Morgan fingerprint density at radius 1 is 0.892 bits per heavy atom. The maximum Gasteiger partial charge on any atom is 0.248 e. The molecule has 1 atom stereocenters. The molecule has 1 fully saturated rings. The van der Waals surface area contributed by atoms with E-state index < -0.39 is 28.8 Å². The number of carbonyl (C=O) groups is 3. The third-order valence-electron chi connectivity index (χ3n) is 6.56. The van der Waals surface area contributed by atoms with Crippen LogP contribution >= 0.6 is 23.2 Å². The van der Waals surface area contributed by atoms with E-state index in [1.165, 1.54) is 4.90 Å². The number of hydrogen-bond donors (Lipinski definition) is 2. The molecule has 2 N–H and O–H groups in total. The zero-order valence-corrected chi connectivity index (χ0v) is 23.7. The van der Waals surface area contributed by atoms with Crippen molar-refractivity contribution in [3.05, 3.63) is 64.1 Å². The maximum atomic E-state index is 14.3. The molecule has 0 radical (unpaired) electrons. The van der Waals surface area contributed by atoms with Crippen LogP contribution in [0, 0.1) is 5.41 Å². The second kappa shape index (κ2) is 11.9. The molecule has 2 aromatic carbocycles. The maximum absolute atomic E-state index is 14.3. The molecule has 0 saturated heterocycles. The monoisotopic (exact) mass is 545 g/mol. The molecule has 3 amide bonds. The molecule has 3 rings (SSSR count). The van der Waals surface area contributed by atoms with Crippen molar-refractivity contribution in [1.29, 1.82) is 0 Å². The number of benzene rings is 2. The topological polar surface area (TPSA) is 78.5 Å². The molecule has 0 aromatic heterocycles. The molecule has 1 unspecified atom stereocenters. The van der Waals surface area contributed by atoms with E-state index in [1.807, 2.05) is 51.1 Å². The van der Waals surface area contributed by atoms with Crippen LogP contribution in [0.25, 0.3) is 0 Å². The van der Waals surface area contributed by atoms with E-state index in [2.05, 4.69) is 10.6 Å². The summed E-state index contributed by atoms with van der Waals surface area (Å²) in [6.45, 7) is 8.70. The van der Waals surface area contributed by atoms with Crippen LogP contribution in [0.2, 0.25) is 10.0 Å². The van der Waals surface area contributed by atoms with E-state index in [1.54, 1.807) is 32.0 Å². The zero-order chi connectivity index (χ0) is 27.4. The van der Waals surface area contributed by atoms with Gasteiger partial charge < -0.3 is 10.6 Å². The minimum absolute atomic E-state index is 0.0374. The van der Waals surface area contributed by atoms with Crippen LogP contribution in [0.1, 0.15) is 78.3 Å². The van der Waals surface area contributed by atoms with E-state index >= 15 is 0 Å². The molecule has 1 aliphatic carbocycles. The predicted molar refractivity (Wildman–Crippen MR) is 150 cm³/mol. The van der Waals surface area contributed by atoms with E-state index in [0.29, 0.717) is 16.3 Å². The molecule has 0 aliphatic heterocycles. The summed E-state index contributed by atoms with van der Waals surface area (Å²) >= 11 is 12.5. The van der Waals surface area contributed by atoms with Gasteiger partial charge in [-0.3, -0.25) is 19.3 Å². The minimum Gasteiger partial charge on any atom is -0.351 e. The number of amides is 3. The third kappa shape index (κ3) is 7.26. The molecular formula is C29H37Cl2N3O3. The van der Waals surface area contributed by atoms with Gasteiger partial charge in [0.15, 0.2) is 0 Å². The van der Waals surface area contributed by atoms with E-state index in [-0.39, 0.29) is 17.0 Å². The number of nitrogens with one attached hydrogen (secondary N) is 2. The first kappa shape index (κ1) is 29.0. The second-order valence-corrected chi connectivity index (χ2v) is 12.1. The number of rotatable bonds is 7. The lowest BCUT2D eigenvalue weighted by Crippen LogP contribution is -2.56. The van der Waals surface area contributed by atoms with Crippen molar-refractivity contribution >= 4 is 46.6 Å². The summed E-state index contributed by atoms with van der Waals surface area (Å²) < 4.78 is 0. The van der Waals surface area contributed by atoms with Gasteiger partial charge in [-0.25, -0.2) is 0 Å². The molecule has 0 heterocycles. The van der Waals surface area contributed by atoms with Gasteiger partial charge in [-0.15, -0.1) is 0 Å². The van der Waals surface area contributed by atoms with Crippen molar-refractivity contribution < 1.29 is 14.4 Å². The lowest BCUT2D eigenvalue weighted by atomic mass is 9.87. The van der Waals surface area contributed by atoms with Crippen molar-refractivity contribution in [1.82, 2.24) is 10.6 Å². The Hall–Kier alpha value is -2.57. The van der Waals surface area contributed by atoms with Crippen molar-refractivity contribution in [2.24, 2.45) is 5.41 Å². The zero-order valence-electron chi connectivity index (χ0n) is 22.2. The first-order chi connectivity index (χ1) is 17.3. The fourth-order valence-electron chi connectivity index (χ4n) is 4.49. The first-order valence-electron chi connectivity index (χ1n) is 12.8. The van der Waals surface area contributed by atoms with Crippen molar-refractivity contribution in [2.45, 2.75) is 84.3 Å². The largest absolute Gasteiger partial charge is 0.351 e. The van der Waals surface area contributed by atoms with Crippen LogP contribution < -0.4 is 15.5 Å². The Morgan fingerprint density at radius 3 is 2.08 bits per heavy atom. The van der Waals surface area contributed by atoms with Crippen molar-refractivity contribution in [2.75, 3.05) is 4.90 Å². The van der Waals surface area contributed by atoms with Crippen LogP contribution in [0.15, 0.2) is 48.5 Å². The number of halogens is 2. The van der Waals surface area contributed by atoms with E-state index in [9.17, 15) is 14.4 Å². The van der Waals surface area contributed by atoms with Gasteiger partial charge in [-0.2, -0.15) is 0 Å². The molecule has 37 heavy (non-hydrogen) atoms. The van der Waals surface area contributed by atoms with Gasteiger partial charge in [0, 0.05) is 17.3 Å². The summed E-state index contributed by atoms with van der Waals surface area (Å²) in [5.74, 6) is -1.26. The number of anilines is 1. The molecule has 6 nitrogen and oxygen atoms in total. The van der Waals surface area contributed by atoms with E-state index in [0.717, 1.165) is 32.1 Å². The summed E-state index contributed by atoms with van der Waals surface area (Å²) in [7, 11) is 0. The van der Waals surface area contributed by atoms with Crippen LogP contribution in [0.4, 0.5) is 5.69 Å².